The molecule has 0 fully saturated rings. The summed E-state index contributed by atoms with van der Waals surface area (Å²) in [6, 6.07) is 20.7. The van der Waals surface area contributed by atoms with Gasteiger partial charge in [-0.3, -0.25) is 4.72 Å². The molecule has 9 heteroatoms. The summed E-state index contributed by atoms with van der Waals surface area (Å²) >= 11 is 6.24. The summed E-state index contributed by atoms with van der Waals surface area (Å²) < 4.78 is 33.5. The molecule has 0 saturated carbocycles. The quantitative estimate of drug-likeness (QED) is 0.420. The third kappa shape index (κ3) is 4.70. The first-order valence-electron chi connectivity index (χ1n) is 9.37. The molecule has 0 atom stereocenters. The Labute approximate surface area is 185 Å². The van der Waals surface area contributed by atoms with Crippen molar-refractivity contribution in [2.24, 2.45) is 0 Å². The Kier molecular flexibility index (Phi) is 5.92. The van der Waals surface area contributed by atoms with Crippen molar-refractivity contribution >= 4 is 44.3 Å². The van der Waals surface area contributed by atoms with E-state index in [-0.39, 0.29) is 10.7 Å². The summed E-state index contributed by atoms with van der Waals surface area (Å²) in [6.45, 7) is 0.351. The van der Waals surface area contributed by atoms with Crippen molar-refractivity contribution in [1.29, 1.82) is 0 Å². The molecule has 0 saturated heterocycles. The fourth-order valence-electron chi connectivity index (χ4n) is 2.96. The van der Waals surface area contributed by atoms with Crippen molar-refractivity contribution in [2.75, 3.05) is 17.1 Å². The second kappa shape index (κ2) is 8.79. The van der Waals surface area contributed by atoms with Gasteiger partial charge in [0.1, 0.15) is 5.75 Å². The molecule has 0 unspecified atom stereocenters. The largest absolute Gasteiger partial charge is 0.497 e. The maximum Gasteiger partial charge on any atom is 0.263 e. The van der Waals surface area contributed by atoms with E-state index in [1.165, 1.54) is 19.2 Å². The lowest BCUT2D eigenvalue weighted by atomic mass is 10.2. The van der Waals surface area contributed by atoms with Crippen molar-refractivity contribution in [3.8, 4) is 5.75 Å². The molecule has 1 aromatic heterocycles. The van der Waals surface area contributed by atoms with Gasteiger partial charge in [-0.15, -0.1) is 0 Å². The van der Waals surface area contributed by atoms with Gasteiger partial charge in [-0.05, 0) is 48.0 Å². The molecule has 0 aliphatic heterocycles. The van der Waals surface area contributed by atoms with Crippen molar-refractivity contribution in [3.63, 3.8) is 0 Å². The summed E-state index contributed by atoms with van der Waals surface area (Å²) in [7, 11) is -2.38. The van der Waals surface area contributed by atoms with E-state index in [4.69, 9.17) is 16.3 Å². The second-order valence-corrected chi connectivity index (χ2v) is 8.73. The molecule has 1 heterocycles. The number of rotatable bonds is 7. The van der Waals surface area contributed by atoms with Gasteiger partial charge >= 0.3 is 0 Å². The van der Waals surface area contributed by atoms with Crippen LogP contribution < -0.4 is 14.8 Å². The van der Waals surface area contributed by atoms with E-state index < -0.39 is 10.0 Å². The maximum absolute atomic E-state index is 12.9. The van der Waals surface area contributed by atoms with E-state index in [0.29, 0.717) is 34.2 Å². The first kappa shape index (κ1) is 20.9. The highest BCUT2D eigenvalue weighted by atomic mass is 35.5. The van der Waals surface area contributed by atoms with E-state index in [0.717, 1.165) is 5.56 Å². The molecular formula is C22H19ClN4O3S. The highest BCUT2D eigenvalue weighted by Gasteiger charge is 2.19. The molecule has 0 amide bonds. The van der Waals surface area contributed by atoms with E-state index in [1.54, 1.807) is 24.3 Å². The number of anilines is 2. The van der Waals surface area contributed by atoms with Gasteiger partial charge in [0.05, 0.1) is 23.0 Å². The number of sulfonamides is 1. The molecule has 0 aliphatic rings. The molecule has 4 rings (SSSR count). The van der Waals surface area contributed by atoms with E-state index in [1.807, 2.05) is 36.4 Å². The van der Waals surface area contributed by atoms with Gasteiger partial charge in [-0.2, -0.15) is 0 Å². The fourth-order valence-corrected chi connectivity index (χ4v) is 4.17. The lowest BCUT2D eigenvalue weighted by Crippen LogP contribution is -2.16. The predicted molar refractivity (Wildman–Crippen MR) is 122 cm³/mol. The van der Waals surface area contributed by atoms with Crippen LogP contribution in [0.2, 0.25) is 5.02 Å². The topological polar surface area (TPSA) is 93.2 Å². The number of nitrogens with one attached hydrogen (secondary N) is 2. The summed E-state index contributed by atoms with van der Waals surface area (Å²) in [5.41, 5.74) is 2.05. The number of para-hydroxylation sites is 2. The molecule has 2 N–H and O–H groups in total. The Bertz CT molecular complexity index is 1330. The van der Waals surface area contributed by atoms with Crippen LogP contribution in [0.4, 0.5) is 11.6 Å². The van der Waals surface area contributed by atoms with Crippen molar-refractivity contribution in [2.45, 2.75) is 11.4 Å². The van der Waals surface area contributed by atoms with Crippen LogP contribution in [0.1, 0.15) is 5.56 Å². The highest BCUT2D eigenvalue weighted by molar-refractivity contribution is 7.92. The number of aromatic nitrogens is 2. The number of benzene rings is 3. The number of fused-ring (bicyclic) bond motifs is 1. The Morgan fingerprint density at radius 1 is 0.871 bits per heavy atom. The zero-order valence-corrected chi connectivity index (χ0v) is 18.1. The second-order valence-electron chi connectivity index (χ2n) is 6.64. The van der Waals surface area contributed by atoms with Crippen LogP contribution in [-0.2, 0) is 16.6 Å². The standard InChI is InChI=1S/C22H19ClN4O3S/c1-30-16-10-12-17(13-11-16)31(28,29)27-22-21(24-14-15-6-2-3-7-18(15)23)25-19-8-4-5-9-20(19)26-22/h2-13H,14H2,1H3,(H,24,25)(H,26,27). The first-order valence-corrected chi connectivity index (χ1v) is 11.2. The summed E-state index contributed by atoms with van der Waals surface area (Å²) in [5.74, 6) is 0.962. The van der Waals surface area contributed by atoms with Crippen LogP contribution in [-0.4, -0.2) is 25.5 Å². The Morgan fingerprint density at radius 2 is 1.48 bits per heavy atom. The van der Waals surface area contributed by atoms with Crippen LogP contribution in [0.15, 0.2) is 77.7 Å². The molecule has 31 heavy (non-hydrogen) atoms. The lowest BCUT2D eigenvalue weighted by molar-refractivity contribution is 0.414. The van der Waals surface area contributed by atoms with Crippen LogP contribution in [0.3, 0.4) is 0 Å². The number of methoxy groups -OCH3 is 1. The molecular weight excluding hydrogens is 436 g/mol. The number of halogens is 1. The van der Waals surface area contributed by atoms with Gasteiger partial charge < -0.3 is 10.1 Å². The molecule has 0 spiro atoms. The number of hydrogen-bond donors (Lipinski definition) is 2. The van der Waals surface area contributed by atoms with Gasteiger partial charge in [-0.1, -0.05) is 41.9 Å². The Hall–Kier alpha value is -3.36. The van der Waals surface area contributed by atoms with Crippen molar-refractivity contribution in [3.05, 3.63) is 83.4 Å². The molecule has 3 aromatic carbocycles. The highest BCUT2D eigenvalue weighted by Crippen LogP contribution is 2.26. The van der Waals surface area contributed by atoms with Crippen LogP contribution in [0.25, 0.3) is 11.0 Å². The summed E-state index contributed by atoms with van der Waals surface area (Å²) in [4.78, 5) is 9.13. The van der Waals surface area contributed by atoms with E-state index in [2.05, 4.69) is 20.0 Å². The van der Waals surface area contributed by atoms with Gasteiger partial charge in [0.25, 0.3) is 10.0 Å². The minimum absolute atomic E-state index is 0.0836. The SMILES string of the molecule is COc1ccc(S(=O)(=O)Nc2nc3ccccc3nc2NCc2ccccc2Cl)cc1. The van der Waals surface area contributed by atoms with E-state index in [9.17, 15) is 8.42 Å². The molecule has 0 aliphatic carbocycles. The maximum atomic E-state index is 12.9. The monoisotopic (exact) mass is 454 g/mol. The normalized spacial score (nSPS) is 11.3. The van der Waals surface area contributed by atoms with Gasteiger partial charge in [0.2, 0.25) is 0 Å². The number of ether oxygens (including phenoxy) is 1. The Morgan fingerprint density at radius 3 is 2.13 bits per heavy atom. The van der Waals surface area contributed by atoms with Crippen LogP contribution in [0.5, 0.6) is 5.75 Å². The van der Waals surface area contributed by atoms with Crippen LogP contribution in [0, 0.1) is 0 Å². The van der Waals surface area contributed by atoms with Gasteiger partial charge in [0, 0.05) is 11.6 Å². The molecule has 7 nitrogen and oxygen atoms in total. The number of nitrogens with zero attached hydrogens (tertiary/aromatic N) is 2. The summed E-state index contributed by atoms with van der Waals surface area (Å²) in [6.07, 6.45) is 0. The average molecular weight is 455 g/mol. The number of hydrogen-bond acceptors (Lipinski definition) is 6. The van der Waals surface area contributed by atoms with Gasteiger partial charge in [0.15, 0.2) is 11.6 Å². The van der Waals surface area contributed by atoms with Crippen LogP contribution >= 0.6 is 11.6 Å². The fraction of sp³-hybridized carbons (Fsp3) is 0.0909. The third-order valence-electron chi connectivity index (χ3n) is 4.58. The average Bonchev–Trinajstić information content (AvgIpc) is 2.78. The smallest absolute Gasteiger partial charge is 0.263 e. The zero-order chi connectivity index (χ0) is 21.8. The molecule has 0 bridgehead atoms. The third-order valence-corrected chi connectivity index (χ3v) is 6.30. The first-order chi connectivity index (χ1) is 15.0. The molecule has 0 radical (unpaired) electrons. The minimum atomic E-state index is -3.89. The Balaban J connectivity index is 1.69. The van der Waals surface area contributed by atoms with Crippen molar-refractivity contribution in [1.82, 2.24) is 9.97 Å². The lowest BCUT2D eigenvalue weighted by Gasteiger charge is -2.14. The molecule has 158 valence electrons. The van der Waals surface area contributed by atoms with E-state index >= 15 is 0 Å². The zero-order valence-electron chi connectivity index (χ0n) is 16.5. The van der Waals surface area contributed by atoms with Gasteiger partial charge in [-0.25, -0.2) is 18.4 Å². The summed E-state index contributed by atoms with van der Waals surface area (Å²) in [5, 5.41) is 3.75. The predicted octanol–water partition coefficient (Wildman–Crippen LogP) is 4.70. The van der Waals surface area contributed by atoms with Crippen molar-refractivity contribution < 1.29 is 13.2 Å². The minimum Gasteiger partial charge on any atom is -0.497 e. The molecule has 4 aromatic rings.